The predicted molar refractivity (Wildman–Crippen MR) is 122 cm³/mol. The van der Waals surface area contributed by atoms with Gasteiger partial charge in [0.25, 0.3) is 0 Å². The first-order valence-corrected chi connectivity index (χ1v) is 11.1. The van der Waals surface area contributed by atoms with Gasteiger partial charge in [0, 0.05) is 16.8 Å². The summed E-state index contributed by atoms with van der Waals surface area (Å²) in [4.78, 5) is 7.97. The van der Waals surface area contributed by atoms with E-state index >= 15 is 0 Å². The van der Waals surface area contributed by atoms with Crippen LogP contribution in [0.2, 0.25) is 0 Å². The summed E-state index contributed by atoms with van der Waals surface area (Å²) in [5.74, 6) is 0.855. The number of rotatable bonds is 5. The molecule has 7 heteroatoms. The Morgan fingerprint density at radius 2 is 1.93 bits per heavy atom. The lowest BCUT2D eigenvalue weighted by Crippen LogP contribution is -2.29. The van der Waals surface area contributed by atoms with E-state index in [1.807, 2.05) is 50.4 Å². The molecule has 28 heavy (non-hydrogen) atoms. The van der Waals surface area contributed by atoms with Crippen LogP contribution in [0, 0.1) is 0 Å². The minimum Gasteiger partial charge on any atom is -0.491 e. The molecule has 144 valence electrons. The molecule has 0 saturated carbocycles. The minimum absolute atomic E-state index is 0.0224. The number of thiocarbonyl (C=S) groups is 1. The van der Waals surface area contributed by atoms with Gasteiger partial charge in [0.15, 0.2) is 5.11 Å². The molecular weight excluding hydrogens is 454 g/mol. The number of aromatic nitrogens is 1. The van der Waals surface area contributed by atoms with Gasteiger partial charge < -0.3 is 15.0 Å². The van der Waals surface area contributed by atoms with Crippen LogP contribution in [0.5, 0.6) is 5.75 Å². The molecule has 1 aliphatic rings. The number of halogens is 1. The normalized spacial score (nSPS) is 19.1. The van der Waals surface area contributed by atoms with Gasteiger partial charge >= 0.3 is 0 Å². The second-order valence-electron chi connectivity index (χ2n) is 6.80. The first-order valence-electron chi connectivity index (χ1n) is 9.05. The molecule has 0 amide bonds. The molecule has 0 aliphatic carbocycles. The van der Waals surface area contributed by atoms with Crippen molar-refractivity contribution in [2.24, 2.45) is 0 Å². The van der Waals surface area contributed by atoms with Crippen molar-refractivity contribution in [3.8, 4) is 5.75 Å². The zero-order valence-electron chi connectivity index (χ0n) is 15.5. The topological polar surface area (TPSA) is 37.4 Å². The third kappa shape index (κ3) is 3.92. The van der Waals surface area contributed by atoms with E-state index in [9.17, 15) is 0 Å². The molecule has 4 nitrogen and oxygen atoms in total. The number of thiophene rings is 1. The third-order valence-corrected chi connectivity index (χ3v) is 6.48. The van der Waals surface area contributed by atoms with Crippen molar-refractivity contribution in [3.63, 3.8) is 0 Å². The Kier molecular flexibility index (Phi) is 5.66. The molecular formula is C21H20BrN3OS2. The molecule has 4 rings (SSSR count). The maximum absolute atomic E-state index is 5.78. The van der Waals surface area contributed by atoms with E-state index in [1.165, 1.54) is 4.88 Å². The summed E-state index contributed by atoms with van der Waals surface area (Å²) in [6.45, 7) is 4.05. The van der Waals surface area contributed by atoms with Gasteiger partial charge in [-0.25, -0.2) is 0 Å². The van der Waals surface area contributed by atoms with Crippen molar-refractivity contribution in [3.05, 3.63) is 75.2 Å². The molecule has 2 aromatic heterocycles. The monoisotopic (exact) mass is 473 g/mol. The lowest BCUT2D eigenvalue weighted by molar-refractivity contribution is 0.242. The molecule has 1 saturated heterocycles. The van der Waals surface area contributed by atoms with Gasteiger partial charge in [0.1, 0.15) is 5.75 Å². The van der Waals surface area contributed by atoms with Crippen LogP contribution in [0.1, 0.15) is 36.5 Å². The smallest absolute Gasteiger partial charge is 0.174 e. The van der Waals surface area contributed by atoms with Gasteiger partial charge in [0.05, 0.1) is 27.7 Å². The Hall–Kier alpha value is -1.96. The fraction of sp³-hybridized carbons (Fsp3) is 0.238. The van der Waals surface area contributed by atoms with Crippen LogP contribution in [0.4, 0.5) is 5.69 Å². The maximum atomic E-state index is 5.78. The van der Waals surface area contributed by atoms with Crippen LogP contribution in [0.15, 0.2) is 64.6 Å². The zero-order chi connectivity index (χ0) is 19.7. The second-order valence-corrected chi connectivity index (χ2v) is 9.68. The van der Waals surface area contributed by atoms with Gasteiger partial charge in [-0.05, 0) is 90.5 Å². The van der Waals surface area contributed by atoms with E-state index in [0.29, 0.717) is 5.11 Å². The fourth-order valence-corrected chi connectivity index (χ4v) is 5.27. The fourth-order valence-electron chi connectivity index (χ4n) is 3.37. The Balaban J connectivity index is 1.73. The average Bonchev–Trinajstić information content (AvgIpc) is 3.26. The van der Waals surface area contributed by atoms with Gasteiger partial charge in [-0.1, -0.05) is 6.07 Å². The summed E-state index contributed by atoms with van der Waals surface area (Å²) in [6, 6.07) is 18.3. The van der Waals surface area contributed by atoms with Gasteiger partial charge in [-0.15, -0.1) is 11.3 Å². The summed E-state index contributed by atoms with van der Waals surface area (Å²) in [6.07, 6.45) is 1.97. The highest BCUT2D eigenvalue weighted by Gasteiger charge is 2.41. The van der Waals surface area contributed by atoms with Crippen molar-refractivity contribution >= 4 is 50.3 Å². The van der Waals surface area contributed by atoms with Crippen molar-refractivity contribution in [2.75, 3.05) is 4.90 Å². The number of nitrogens with one attached hydrogen (secondary N) is 1. The number of benzene rings is 1. The second kappa shape index (κ2) is 8.19. The molecule has 2 unspecified atom stereocenters. The van der Waals surface area contributed by atoms with Crippen LogP contribution < -0.4 is 15.0 Å². The molecule has 1 N–H and O–H groups in total. The Bertz CT molecular complexity index is 959. The standard InChI is InChI=1S/C21H20BrN3OS2/c1-13(2)26-15-8-6-14(7-9-15)25-20(17-10-11-18(22)28-17)19(24-21(25)27)16-5-3-4-12-23-16/h3-13,19-20H,1-2H3,(H,24,27). The highest BCUT2D eigenvalue weighted by molar-refractivity contribution is 9.11. The first-order chi connectivity index (χ1) is 13.5. The number of pyridine rings is 1. The van der Waals surface area contributed by atoms with Gasteiger partial charge in [0.2, 0.25) is 0 Å². The number of hydrogen-bond acceptors (Lipinski definition) is 4. The lowest BCUT2D eigenvalue weighted by atomic mass is 10.0. The van der Waals surface area contributed by atoms with Crippen molar-refractivity contribution < 1.29 is 4.74 Å². The summed E-state index contributed by atoms with van der Waals surface area (Å²) < 4.78 is 6.88. The molecule has 0 spiro atoms. The maximum Gasteiger partial charge on any atom is 0.174 e. The molecule has 1 fully saturated rings. The highest BCUT2D eigenvalue weighted by Crippen LogP contribution is 2.44. The summed E-state index contributed by atoms with van der Waals surface area (Å²) in [5, 5.41) is 4.18. The summed E-state index contributed by atoms with van der Waals surface area (Å²) in [7, 11) is 0. The van der Waals surface area contributed by atoms with E-state index in [4.69, 9.17) is 17.0 Å². The Morgan fingerprint density at radius 3 is 2.54 bits per heavy atom. The van der Waals surface area contributed by atoms with E-state index in [0.717, 1.165) is 20.9 Å². The van der Waals surface area contributed by atoms with Crippen molar-refractivity contribution in [1.82, 2.24) is 10.3 Å². The van der Waals surface area contributed by atoms with Gasteiger partial charge in [-0.3, -0.25) is 4.98 Å². The SMILES string of the molecule is CC(C)Oc1ccc(N2C(=S)NC(c3ccccn3)C2c2ccc(Br)s2)cc1. The highest BCUT2D eigenvalue weighted by atomic mass is 79.9. The Morgan fingerprint density at radius 1 is 1.14 bits per heavy atom. The first kappa shape index (κ1) is 19.4. The van der Waals surface area contributed by atoms with Crippen LogP contribution in [0.3, 0.4) is 0 Å². The largest absolute Gasteiger partial charge is 0.491 e. The Labute approximate surface area is 182 Å². The molecule has 0 bridgehead atoms. The molecule has 1 aromatic carbocycles. The quantitative estimate of drug-likeness (QED) is 0.468. The van der Waals surface area contributed by atoms with Crippen LogP contribution in [-0.2, 0) is 0 Å². The van der Waals surface area contributed by atoms with Crippen LogP contribution >= 0.6 is 39.5 Å². The summed E-state index contributed by atoms with van der Waals surface area (Å²) >= 11 is 11.0. The molecule has 0 radical (unpaired) electrons. The summed E-state index contributed by atoms with van der Waals surface area (Å²) in [5.41, 5.74) is 2.00. The zero-order valence-corrected chi connectivity index (χ0v) is 18.7. The van der Waals surface area contributed by atoms with Crippen molar-refractivity contribution in [2.45, 2.75) is 32.0 Å². The molecule has 1 aliphatic heterocycles. The predicted octanol–water partition coefficient (Wildman–Crippen LogP) is 5.87. The van der Waals surface area contributed by atoms with E-state index < -0.39 is 0 Å². The van der Waals surface area contributed by atoms with Gasteiger partial charge in [-0.2, -0.15) is 0 Å². The average molecular weight is 474 g/mol. The van der Waals surface area contributed by atoms with Crippen LogP contribution in [0.25, 0.3) is 0 Å². The number of anilines is 1. The number of hydrogen-bond donors (Lipinski definition) is 1. The van der Waals surface area contributed by atoms with Crippen molar-refractivity contribution in [1.29, 1.82) is 0 Å². The van der Waals surface area contributed by atoms with E-state index in [-0.39, 0.29) is 18.2 Å². The molecule has 3 aromatic rings. The number of nitrogens with zero attached hydrogens (tertiary/aromatic N) is 2. The van der Waals surface area contributed by atoms with E-state index in [2.05, 4.69) is 55.4 Å². The molecule has 3 heterocycles. The number of ether oxygens (including phenoxy) is 1. The third-order valence-electron chi connectivity index (χ3n) is 4.47. The molecule has 2 atom stereocenters. The minimum atomic E-state index is -0.0224. The van der Waals surface area contributed by atoms with Crippen LogP contribution in [-0.4, -0.2) is 16.2 Å². The lowest BCUT2D eigenvalue weighted by Gasteiger charge is -2.27. The van der Waals surface area contributed by atoms with E-state index in [1.54, 1.807) is 11.3 Å².